The molecular formula is C23H26ClN3O5S. The maximum absolute atomic E-state index is 12.8. The number of halogens is 1. The second kappa shape index (κ2) is 11.8. The van der Waals surface area contributed by atoms with Crippen LogP contribution in [0.25, 0.3) is 0 Å². The summed E-state index contributed by atoms with van der Waals surface area (Å²) in [6.07, 6.45) is 0.0762. The van der Waals surface area contributed by atoms with Crippen LogP contribution in [0, 0.1) is 24.2 Å². The summed E-state index contributed by atoms with van der Waals surface area (Å²) < 4.78 is 32.8. The van der Waals surface area contributed by atoms with Crippen LogP contribution in [0.2, 0.25) is 5.02 Å². The molecule has 0 spiro atoms. The lowest BCUT2D eigenvalue weighted by Gasteiger charge is -2.24. The first-order chi connectivity index (χ1) is 15.6. The standard InChI is InChI=1S/C23H26ClN3O5S/c1-16(2)22(26-33(30,31)19-8-5-4-6-9-19)23(29)32-15-21(28)27(13-7-12-25)18-10-11-20(24)17(3)14-18/h4-6,8-11,14,16,22,26H,7,13,15H2,1-3H3/t22-/m0/s1. The number of nitrogens with zero attached hydrogens (tertiary/aromatic N) is 2. The van der Waals surface area contributed by atoms with Crippen LogP contribution in [-0.4, -0.2) is 39.5 Å². The smallest absolute Gasteiger partial charge is 0.324 e. The molecule has 1 N–H and O–H groups in total. The van der Waals surface area contributed by atoms with Crippen LogP contribution in [0.4, 0.5) is 5.69 Å². The minimum absolute atomic E-state index is 0.0142. The van der Waals surface area contributed by atoms with E-state index in [1.54, 1.807) is 57.2 Å². The van der Waals surface area contributed by atoms with E-state index in [0.29, 0.717) is 10.7 Å². The van der Waals surface area contributed by atoms with Gasteiger partial charge in [0.05, 0.1) is 17.4 Å². The molecule has 1 amide bonds. The molecule has 0 fully saturated rings. The zero-order valence-electron chi connectivity index (χ0n) is 18.6. The maximum atomic E-state index is 12.8. The van der Waals surface area contributed by atoms with Gasteiger partial charge in [-0.2, -0.15) is 9.98 Å². The van der Waals surface area contributed by atoms with Gasteiger partial charge in [-0.1, -0.05) is 43.6 Å². The number of benzene rings is 2. The van der Waals surface area contributed by atoms with Crippen molar-refractivity contribution in [1.29, 1.82) is 5.26 Å². The lowest BCUT2D eigenvalue weighted by Crippen LogP contribution is -2.46. The fourth-order valence-corrected chi connectivity index (χ4v) is 4.42. The van der Waals surface area contributed by atoms with Gasteiger partial charge in [0.15, 0.2) is 6.61 Å². The maximum Gasteiger partial charge on any atom is 0.324 e. The number of nitrogens with one attached hydrogen (secondary N) is 1. The number of amides is 1. The first kappa shape index (κ1) is 26.3. The Bertz CT molecular complexity index is 1130. The largest absolute Gasteiger partial charge is 0.454 e. The summed E-state index contributed by atoms with van der Waals surface area (Å²) in [6.45, 7) is 4.60. The normalized spacial score (nSPS) is 12.1. The van der Waals surface area contributed by atoms with E-state index in [1.807, 2.05) is 6.07 Å². The second-order valence-electron chi connectivity index (χ2n) is 7.65. The molecule has 10 heteroatoms. The van der Waals surface area contributed by atoms with Gasteiger partial charge in [0.1, 0.15) is 6.04 Å². The number of carbonyl (C=O) groups is 2. The zero-order chi connectivity index (χ0) is 24.6. The number of ether oxygens (including phenoxy) is 1. The van der Waals surface area contributed by atoms with Crippen molar-refractivity contribution in [2.45, 2.75) is 38.1 Å². The molecule has 0 radical (unpaired) electrons. The van der Waals surface area contributed by atoms with E-state index in [0.717, 1.165) is 5.56 Å². The molecule has 0 heterocycles. The summed E-state index contributed by atoms with van der Waals surface area (Å²) in [6, 6.07) is 13.4. The Kier molecular flexibility index (Phi) is 9.41. The number of hydrogen-bond donors (Lipinski definition) is 1. The molecule has 0 aliphatic carbocycles. The second-order valence-corrected chi connectivity index (χ2v) is 9.77. The number of aryl methyl sites for hydroxylation is 1. The van der Waals surface area contributed by atoms with Crippen LogP contribution in [0.5, 0.6) is 0 Å². The molecule has 2 aromatic rings. The number of sulfonamides is 1. The van der Waals surface area contributed by atoms with Crippen molar-refractivity contribution in [1.82, 2.24) is 4.72 Å². The molecule has 0 aliphatic rings. The lowest BCUT2D eigenvalue weighted by molar-refractivity contribution is -0.150. The summed E-state index contributed by atoms with van der Waals surface area (Å²) in [5.41, 5.74) is 1.26. The number of nitriles is 1. The Morgan fingerprint density at radius 1 is 1.18 bits per heavy atom. The van der Waals surface area contributed by atoms with Gasteiger partial charge in [-0.05, 0) is 48.7 Å². The highest BCUT2D eigenvalue weighted by Crippen LogP contribution is 2.23. The SMILES string of the molecule is Cc1cc(N(CCC#N)C(=O)COC(=O)[C@@H](NS(=O)(=O)c2ccccc2)C(C)C)ccc1Cl. The van der Waals surface area contributed by atoms with Crippen LogP contribution in [0.3, 0.4) is 0 Å². The topological polar surface area (TPSA) is 117 Å². The number of anilines is 1. The molecule has 2 aromatic carbocycles. The van der Waals surface area contributed by atoms with Gasteiger partial charge in [0.25, 0.3) is 5.91 Å². The van der Waals surface area contributed by atoms with Crippen LogP contribution < -0.4 is 9.62 Å². The van der Waals surface area contributed by atoms with Crippen molar-refractivity contribution >= 4 is 39.2 Å². The molecule has 0 aliphatic heterocycles. The monoisotopic (exact) mass is 491 g/mol. The summed E-state index contributed by atoms with van der Waals surface area (Å²) in [5, 5.41) is 9.47. The zero-order valence-corrected chi connectivity index (χ0v) is 20.2. The van der Waals surface area contributed by atoms with E-state index in [2.05, 4.69) is 4.72 Å². The Morgan fingerprint density at radius 2 is 1.85 bits per heavy atom. The first-order valence-electron chi connectivity index (χ1n) is 10.2. The lowest BCUT2D eigenvalue weighted by atomic mass is 10.1. The predicted molar refractivity (Wildman–Crippen MR) is 125 cm³/mol. The molecule has 0 unspecified atom stereocenters. The average molecular weight is 492 g/mol. The summed E-state index contributed by atoms with van der Waals surface area (Å²) in [5.74, 6) is -1.85. The molecule has 2 rings (SSSR count). The summed E-state index contributed by atoms with van der Waals surface area (Å²) in [4.78, 5) is 26.8. The van der Waals surface area contributed by atoms with E-state index in [9.17, 15) is 18.0 Å². The van der Waals surface area contributed by atoms with Gasteiger partial charge in [-0.15, -0.1) is 0 Å². The fraction of sp³-hybridized carbons (Fsp3) is 0.348. The molecule has 0 saturated carbocycles. The predicted octanol–water partition coefficient (Wildman–Crippen LogP) is 3.44. The van der Waals surface area contributed by atoms with Crippen molar-refractivity contribution < 1.29 is 22.7 Å². The van der Waals surface area contributed by atoms with Crippen molar-refractivity contribution in [3.63, 3.8) is 0 Å². The minimum Gasteiger partial charge on any atom is -0.454 e. The third-order valence-electron chi connectivity index (χ3n) is 4.80. The molecule has 8 nitrogen and oxygen atoms in total. The number of esters is 1. The number of carbonyl (C=O) groups excluding carboxylic acids is 2. The van der Waals surface area contributed by atoms with Crippen molar-refractivity contribution in [2.75, 3.05) is 18.1 Å². The van der Waals surface area contributed by atoms with E-state index < -0.39 is 40.5 Å². The minimum atomic E-state index is -3.96. The van der Waals surface area contributed by atoms with E-state index >= 15 is 0 Å². The highest BCUT2D eigenvalue weighted by Gasteiger charge is 2.30. The van der Waals surface area contributed by atoms with Gasteiger partial charge >= 0.3 is 5.97 Å². The summed E-state index contributed by atoms with van der Waals surface area (Å²) >= 11 is 6.05. The first-order valence-corrected chi connectivity index (χ1v) is 12.1. The molecular weight excluding hydrogens is 466 g/mol. The van der Waals surface area contributed by atoms with Crippen LogP contribution >= 0.6 is 11.6 Å². The van der Waals surface area contributed by atoms with E-state index in [1.165, 1.54) is 17.0 Å². The van der Waals surface area contributed by atoms with Gasteiger partial charge < -0.3 is 9.64 Å². The van der Waals surface area contributed by atoms with Gasteiger partial charge in [0.2, 0.25) is 10.0 Å². The number of hydrogen-bond acceptors (Lipinski definition) is 6. The summed E-state index contributed by atoms with van der Waals surface area (Å²) in [7, 11) is -3.96. The van der Waals surface area contributed by atoms with Crippen molar-refractivity contribution in [3.05, 3.63) is 59.1 Å². The highest BCUT2D eigenvalue weighted by molar-refractivity contribution is 7.89. The van der Waals surface area contributed by atoms with Crippen molar-refractivity contribution in [2.24, 2.45) is 5.92 Å². The Balaban J connectivity index is 2.13. The molecule has 0 saturated heterocycles. The van der Waals surface area contributed by atoms with Crippen LogP contribution in [-0.2, 0) is 24.3 Å². The van der Waals surface area contributed by atoms with Gasteiger partial charge in [0, 0.05) is 17.3 Å². The quantitative estimate of drug-likeness (QED) is 0.509. The third-order valence-corrected chi connectivity index (χ3v) is 6.68. The Hall–Kier alpha value is -2.93. The Morgan fingerprint density at radius 3 is 2.42 bits per heavy atom. The van der Waals surface area contributed by atoms with Gasteiger partial charge in [-0.25, -0.2) is 8.42 Å². The molecule has 1 atom stereocenters. The molecule has 33 heavy (non-hydrogen) atoms. The highest BCUT2D eigenvalue weighted by atomic mass is 35.5. The number of rotatable bonds is 10. The molecule has 176 valence electrons. The molecule has 0 bridgehead atoms. The van der Waals surface area contributed by atoms with Crippen LogP contribution in [0.15, 0.2) is 53.4 Å². The van der Waals surface area contributed by atoms with Crippen molar-refractivity contribution in [3.8, 4) is 6.07 Å². The fourth-order valence-electron chi connectivity index (χ4n) is 2.95. The third kappa shape index (κ3) is 7.29. The van der Waals surface area contributed by atoms with Gasteiger partial charge in [-0.3, -0.25) is 9.59 Å². The molecule has 0 aromatic heterocycles. The Labute approximate surface area is 199 Å². The van der Waals surface area contributed by atoms with E-state index in [4.69, 9.17) is 21.6 Å². The van der Waals surface area contributed by atoms with E-state index in [-0.39, 0.29) is 17.9 Å². The van der Waals surface area contributed by atoms with Crippen LogP contribution in [0.1, 0.15) is 25.8 Å². The average Bonchev–Trinajstić information content (AvgIpc) is 2.78.